The molecule has 1 rings (SSSR count). The molecule has 0 aromatic heterocycles. The fourth-order valence-electron chi connectivity index (χ4n) is 1.03. The number of carbonyl (C=O) groups excluding carboxylic acids is 2. The molecule has 0 saturated heterocycles. The van der Waals surface area contributed by atoms with Crippen molar-refractivity contribution in [3.8, 4) is 0 Å². The van der Waals surface area contributed by atoms with Crippen LogP contribution in [0.1, 0.15) is 5.56 Å². The van der Waals surface area contributed by atoms with E-state index < -0.39 is 5.97 Å². The lowest BCUT2D eigenvalue weighted by molar-refractivity contribution is -0.143. The molecule has 0 aliphatic carbocycles. The van der Waals surface area contributed by atoms with E-state index in [-0.39, 0.29) is 12.5 Å². The van der Waals surface area contributed by atoms with Crippen LogP contribution in [0.3, 0.4) is 0 Å². The van der Waals surface area contributed by atoms with E-state index in [1.165, 1.54) is 19.2 Å². The van der Waals surface area contributed by atoms with Crippen molar-refractivity contribution in [2.24, 2.45) is 0 Å². The molecule has 0 atom stereocenters. The normalized spacial score (nSPS) is 10.2. The maximum atomic E-state index is 11.2. The molecule has 1 aromatic rings. The van der Waals surface area contributed by atoms with Crippen LogP contribution >= 0.6 is 11.6 Å². The Kier molecular flexibility index (Phi) is 5.23. The second-order valence-corrected chi connectivity index (χ2v) is 3.54. The van der Waals surface area contributed by atoms with Crippen LogP contribution in [-0.2, 0) is 14.3 Å². The largest absolute Gasteiger partial charge is 0.452 e. The van der Waals surface area contributed by atoms with Crippen molar-refractivity contribution in [2.75, 3.05) is 13.7 Å². The second kappa shape index (κ2) is 6.70. The highest BCUT2D eigenvalue weighted by atomic mass is 35.5. The van der Waals surface area contributed by atoms with Crippen LogP contribution in [0, 0.1) is 0 Å². The van der Waals surface area contributed by atoms with Gasteiger partial charge < -0.3 is 10.1 Å². The van der Waals surface area contributed by atoms with Gasteiger partial charge in [-0.1, -0.05) is 29.8 Å². The van der Waals surface area contributed by atoms with Crippen molar-refractivity contribution in [1.82, 2.24) is 5.32 Å². The number of halogens is 1. The Morgan fingerprint density at radius 3 is 2.76 bits per heavy atom. The van der Waals surface area contributed by atoms with Gasteiger partial charge in [-0.2, -0.15) is 0 Å². The van der Waals surface area contributed by atoms with Gasteiger partial charge in [-0.15, -0.1) is 0 Å². The Hall–Kier alpha value is -1.81. The Morgan fingerprint density at radius 1 is 1.41 bits per heavy atom. The quantitative estimate of drug-likeness (QED) is 0.656. The number of hydrogen-bond acceptors (Lipinski definition) is 3. The van der Waals surface area contributed by atoms with E-state index in [2.05, 4.69) is 10.1 Å². The van der Waals surface area contributed by atoms with E-state index in [0.717, 1.165) is 0 Å². The molecule has 5 heteroatoms. The molecule has 1 N–H and O–H groups in total. The summed E-state index contributed by atoms with van der Waals surface area (Å²) >= 11 is 5.89. The van der Waals surface area contributed by atoms with E-state index >= 15 is 0 Å². The Morgan fingerprint density at radius 2 is 2.12 bits per heavy atom. The second-order valence-electron chi connectivity index (χ2n) is 3.14. The summed E-state index contributed by atoms with van der Waals surface area (Å²) in [5, 5.41) is 2.89. The number of nitrogens with one attached hydrogen (secondary N) is 1. The van der Waals surface area contributed by atoms with Gasteiger partial charge in [0.1, 0.15) is 0 Å². The molecule has 0 heterocycles. The molecule has 90 valence electrons. The zero-order valence-electron chi connectivity index (χ0n) is 9.27. The third-order valence-corrected chi connectivity index (χ3v) is 2.27. The summed E-state index contributed by atoms with van der Waals surface area (Å²) in [7, 11) is 1.47. The number of rotatable bonds is 4. The summed E-state index contributed by atoms with van der Waals surface area (Å²) in [6.07, 6.45) is 2.76. The number of likely N-dealkylation sites (N-methyl/N-ethyl adjacent to an activating group) is 1. The van der Waals surface area contributed by atoms with E-state index in [1.807, 2.05) is 0 Å². The Labute approximate surface area is 104 Å². The van der Waals surface area contributed by atoms with Crippen LogP contribution in [0.4, 0.5) is 0 Å². The minimum atomic E-state index is -0.589. The van der Waals surface area contributed by atoms with Crippen molar-refractivity contribution in [3.63, 3.8) is 0 Å². The highest BCUT2D eigenvalue weighted by Gasteiger charge is 2.02. The van der Waals surface area contributed by atoms with Gasteiger partial charge in [0, 0.05) is 18.1 Å². The van der Waals surface area contributed by atoms with Crippen LogP contribution in [0.2, 0.25) is 5.02 Å². The molecule has 0 saturated carbocycles. The van der Waals surface area contributed by atoms with Gasteiger partial charge in [0.25, 0.3) is 5.91 Å². The third kappa shape index (κ3) is 4.70. The number of esters is 1. The zero-order chi connectivity index (χ0) is 12.7. The number of carbonyl (C=O) groups is 2. The topological polar surface area (TPSA) is 55.4 Å². The molecular formula is C12H12ClNO3. The zero-order valence-corrected chi connectivity index (χ0v) is 10.0. The van der Waals surface area contributed by atoms with Crippen molar-refractivity contribution < 1.29 is 14.3 Å². The number of ether oxygens (including phenoxy) is 1. The minimum absolute atomic E-state index is 0.289. The molecule has 0 fully saturated rings. The lowest BCUT2D eigenvalue weighted by Crippen LogP contribution is -2.24. The summed E-state index contributed by atoms with van der Waals surface area (Å²) in [6.45, 7) is -0.289. The van der Waals surface area contributed by atoms with Crippen LogP contribution < -0.4 is 5.32 Å². The number of amides is 1. The molecule has 0 bridgehead atoms. The van der Waals surface area contributed by atoms with E-state index in [0.29, 0.717) is 10.6 Å². The minimum Gasteiger partial charge on any atom is -0.452 e. The molecule has 0 aliphatic heterocycles. The van der Waals surface area contributed by atoms with E-state index in [1.54, 1.807) is 24.3 Å². The first kappa shape index (κ1) is 13.3. The van der Waals surface area contributed by atoms with Crippen molar-refractivity contribution in [2.45, 2.75) is 0 Å². The molecule has 1 amide bonds. The van der Waals surface area contributed by atoms with Crippen molar-refractivity contribution in [3.05, 3.63) is 40.9 Å². The third-order valence-electron chi connectivity index (χ3n) is 1.93. The summed E-state index contributed by atoms with van der Waals surface area (Å²) in [6, 6.07) is 7.09. The predicted octanol–water partition coefficient (Wildman–Crippen LogP) is 1.64. The molecule has 17 heavy (non-hydrogen) atoms. The average Bonchev–Trinajstić information content (AvgIpc) is 2.35. The van der Waals surface area contributed by atoms with Gasteiger partial charge in [-0.05, 0) is 17.7 Å². The van der Waals surface area contributed by atoms with Gasteiger partial charge in [0.05, 0.1) is 0 Å². The lowest BCUT2D eigenvalue weighted by Gasteiger charge is -2.00. The summed E-state index contributed by atoms with van der Waals surface area (Å²) in [4.78, 5) is 22.0. The fraction of sp³-hybridized carbons (Fsp3) is 0.167. The smallest absolute Gasteiger partial charge is 0.331 e. The molecule has 0 radical (unpaired) electrons. The first-order chi connectivity index (χ1) is 8.13. The Bertz CT molecular complexity index is 443. The highest BCUT2D eigenvalue weighted by Crippen LogP contribution is 2.16. The molecule has 4 nitrogen and oxygen atoms in total. The molecule has 0 spiro atoms. The summed E-state index contributed by atoms with van der Waals surface area (Å²) < 4.78 is 4.68. The molecule has 0 aliphatic rings. The molecular weight excluding hydrogens is 242 g/mol. The van der Waals surface area contributed by atoms with E-state index in [9.17, 15) is 9.59 Å². The van der Waals surface area contributed by atoms with Crippen molar-refractivity contribution in [1.29, 1.82) is 0 Å². The molecule has 1 aromatic carbocycles. The first-order valence-corrected chi connectivity index (χ1v) is 5.31. The number of benzene rings is 1. The summed E-state index contributed by atoms with van der Waals surface area (Å²) in [5.74, 6) is -0.946. The van der Waals surface area contributed by atoms with Gasteiger partial charge in [0.15, 0.2) is 6.61 Å². The van der Waals surface area contributed by atoms with Crippen LogP contribution in [0.25, 0.3) is 6.08 Å². The Balaban J connectivity index is 2.51. The fourth-order valence-corrected chi connectivity index (χ4v) is 1.22. The van der Waals surface area contributed by atoms with Gasteiger partial charge in [-0.25, -0.2) is 4.79 Å². The summed E-state index contributed by atoms with van der Waals surface area (Å²) in [5.41, 5.74) is 0.714. The van der Waals surface area contributed by atoms with Crippen LogP contribution in [-0.4, -0.2) is 25.5 Å². The maximum absolute atomic E-state index is 11.2. The van der Waals surface area contributed by atoms with Crippen molar-refractivity contribution >= 4 is 29.6 Å². The van der Waals surface area contributed by atoms with E-state index in [4.69, 9.17) is 11.6 Å². The van der Waals surface area contributed by atoms with Gasteiger partial charge >= 0.3 is 5.97 Å². The lowest BCUT2D eigenvalue weighted by atomic mass is 10.2. The average molecular weight is 254 g/mol. The van der Waals surface area contributed by atoms with Gasteiger partial charge in [0.2, 0.25) is 0 Å². The number of hydrogen-bond donors (Lipinski definition) is 1. The SMILES string of the molecule is CNC(=O)COC(=O)C=Cc1ccccc1Cl. The molecule has 0 unspecified atom stereocenters. The van der Waals surface area contributed by atoms with Crippen LogP contribution in [0.5, 0.6) is 0 Å². The van der Waals surface area contributed by atoms with Crippen LogP contribution in [0.15, 0.2) is 30.3 Å². The first-order valence-electron chi connectivity index (χ1n) is 4.93. The monoisotopic (exact) mass is 253 g/mol. The standard InChI is InChI=1S/C12H12ClNO3/c1-14-11(15)8-17-12(16)7-6-9-4-2-3-5-10(9)13/h2-7H,8H2,1H3,(H,14,15). The predicted molar refractivity (Wildman–Crippen MR) is 65.5 cm³/mol. The van der Waals surface area contributed by atoms with Gasteiger partial charge in [-0.3, -0.25) is 4.79 Å². The highest BCUT2D eigenvalue weighted by molar-refractivity contribution is 6.32. The maximum Gasteiger partial charge on any atom is 0.331 e.